The number of carboxylic acid groups (broad SMARTS) is 1. The summed E-state index contributed by atoms with van der Waals surface area (Å²) in [7, 11) is 0. The number of nitrogens with one attached hydrogen (secondary N) is 1. The first-order chi connectivity index (χ1) is 6.66. The molecule has 0 spiro atoms. The van der Waals surface area contributed by atoms with Crippen LogP contribution >= 0.6 is 0 Å². The lowest BCUT2D eigenvalue weighted by molar-refractivity contribution is -0.140. The van der Waals surface area contributed by atoms with Crippen molar-refractivity contribution in [2.24, 2.45) is 11.8 Å². The van der Waals surface area contributed by atoms with E-state index < -0.39 is 11.9 Å². The molecule has 0 bridgehead atoms. The maximum Gasteiger partial charge on any atom is 0.307 e. The van der Waals surface area contributed by atoms with Crippen LogP contribution in [-0.4, -0.2) is 23.5 Å². The van der Waals surface area contributed by atoms with Gasteiger partial charge in [0.1, 0.15) is 0 Å². The fourth-order valence-corrected chi connectivity index (χ4v) is 1.48. The van der Waals surface area contributed by atoms with Gasteiger partial charge in [-0.15, -0.1) is 0 Å². The normalized spacial score (nSPS) is 24.4. The molecule has 14 heavy (non-hydrogen) atoms. The molecule has 1 amide bonds. The molecule has 80 valence electrons. The highest BCUT2D eigenvalue weighted by Crippen LogP contribution is 2.38. The minimum atomic E-state index is -0.848. The zero-order chi connectivity index (χ0) is 10.6. The number of carbonyl (C=O) groups is 2. The summed E-state index contributed by atoms with van der Waals surface area (Å²) in [6.45, 7) is 2.78. The van der Waals surface area contributed by atoms with E-state index in [1.54, 1.807) is 0 Å². The molecule has 1 aliphatic rings. The molecule has 2 atom stereocenters. The van der Waals surface area contributed by atoms with Crippen molar-refractivity contribution in [2.45, 2.75) is 32.6 Å². The largest absolute Gasteiger partial charge is 0.481 e. The second kappa shape index (κ2) is 4.98. The van der Waals surface area contributed by atoms with E-state index in [4.69, 9.17) is 5.11 Å². The van der Waals surface area contributed by atoms with Crippen molar-refractivity contribution in [3.63, 3.8) is 0 Å². The summed E-state index contributed by atoms with van der Waals surface area (Å²) in [5, 5.41) is 11.4. The van der Waals surface area contributed by atoms with Gasteiger partial charge in [0.25, 0.3) is 0 Å². The third-order valence-corrected chi connectivity index (χ3v) is 2.52. The summed E-state index contributed by atoms with van der Waals surface area (Å²) >= 11 is 0. The number of hydrogen-bond acceptors (Lipinski definition) is 2. The molecule has 1 aliphatic carbocycles. The van der Waals surface area contributed by atoms with Crippen LogP contribution in [0.5, 0.6) is 0 Å². The van der Waals surface area contributed by atoms with Gasteiger partial charge in [-0.1, -0.05) is 19.8 Å². The van der Waals surface area contributed by atoms with E-state index in [-0.39, 0.29) is 11.8 Å². The lowest BCUT2D eigenvalue weighted by atomic mass is 10.2. The van der Waals surface area contributed by atoms with Crippen molar-refractivity contribution < 1.29 is 14.7 Å². The number of unbranched alkanes of at least 4 members (excludes halogenated alkanes) is 2. The number of amides is 1. The van der Waals surface area contributed by atoms with Gasteiger partial charge in [0.15, 0.2) is 0 Å². The molecule has 0 aliphatic heterocycles. The van der Waals surface area contributed by atoms with Crippen molar-refractivity contribution in [2.75, 3.05) is 6.54 Å². The summed E-state index contributed by atoms with van der Waals surface area (Å²) in [4.78, 5) is 21.8. The van der Waals surface area contributed by atoms with Crippen LogP contribution in [0.2, 0.25) is 0 Å². The van der Waals surface area contributed by atoms with Crippen LogP contribution in [0.1, 0.15) is 32.6 Å². The van der Waals surface area contributed by atoms with Gasteiger partial charge in [0, 0.05) is 6.54 Å². The Morgan fingerprint density at radius 3 is 2.57 bits per heavy atom. The number of carbonyl (C=O) groups excluding carboxylic acids is 1. The first kappa shape index (κ1) is 11.0. The van der Waals surface area contributed by atoms with Gasteiger partial charge >= 0.3 is 5.97 Å². The fraction of sp³-hybridized carbons (Fsp3) is 0.800. The third kappa shape index (κ3) is 3.01. The predicted molar refractivity (Wildman–Crippen MR) is 51.8 cm³/mol. The van der Waals surface area contributed by atoms with Crippen LogP contribution in [-0.2, 0) is 9.59 Å². The molecule has 0 radical (unpaired) electrons. The fourth-order valence-electron chi connectivity index (χ4n) is 1.48. The van der Waals surface area contributed by atoms with Crippen molar-refractivity contribution in [3.8, 4) is 0 Å². The summed E-state index contributed by atoms with van der Waals surface area (Å²) in [5.74, 6) is -1.64. The quantitative estimate of drug-likeness (QED) is 0.627. The minimum absolute atomic E-state index is 0.0893. The molecule has 0 aromatic carbocycles. The van der Waals surface area contributed by atoms with E-state index in [1.165, 1.54) is 0 Å². The van der Waals surface area contributed by atoms with Gasteiger partial charge in [-0.25, -0.2) is 0 Å². The van der Waals surface area contributed by atoms with Gasteiger partial charge in [0.05, 0.1) is 11.8 Å². The molecule has 2 N–H and O–H groups in total. The Labute approximate surface area is 83.7 Å². The Hall–Kier alpha value is -1.06. The van der Waals surface area contributed by atoms with Gasteiger partial charge in [0.2, 0.25) is 5.91 Å². The molecule has 1 fully saturated rings. The van der Waals surface area contributed by atoms with E-state index >= 15 is 0 Å². The first-order valence-electron chi connectivity index (χ1n) is 5.17. The average Bonchev–Trinajstić information content (AvgIpc) is 2.91. The molecular formula is C10H17NO3. The highest BCUT2D eigenvalue weighted by Gasteiger charge is 2.48. The van der Waals surface area contributed by atoms with E-state index in [2.05, 4.69) is 12.2 Å². The van der Waals surface area contributed by atoms with Gasteiger partial charge in [-0.3, -0.25) is 9.59 Å². The molecule has 0 heterocycles. The van der Waals surface area contributed by atoms with Crippen molar-refractivity contribution in [1.29, 1.82) is 0 Å². The summed E-state index contributed by atoms with van der Waals surface area (Å²) < 4.78 is 0. The maximum atomic E-state index is 11.3. The molecule has 0 saturated heterocycles. The highest BCUT2D eigenvalue weighted by atomic mass is 16.4. The standard InChI is InChI=1S/C10H17NO3/c1-2-3-4-5-11-9(12)7-6-8(7)10(13)14/h7-8H,2-6H2,1H3,(H,11,12)(H,13,14). The van der Waals surface area contributed by atoms with Crippen LogP contribution in [0.3, 0.4) is 0 Å². The van der Waals surface area contributed by atoms with Crippen molar-refractivity contribution in [1.82, 2.24) is 5.32 Å². The third-order valence-electron chi connectivity index (χ3n) is 2.52. The van der Waals surface area contributed by atoms with Crippen molar-refractivity contribution in [3.05, 3.63) is 0 Å². The van der Waals surface area contributed by atoms with E-state index in [0.717, 1.165) is 19.3 Å². The molecular weight excluding hydrogens is 182 g/mol. The van der Waals surface area contributed by atoms with Crippen LogP contribution in [0.4, 0.5) is 0 Å². The van der Waals surface area contributed by atoms with Crippen LogP contribution < -0.4 is 5.32 Å². The molecule has 1 saturated carbocycles. The predicted octanol–water partition coefficient (Wildman–Crippen LogP) is 1.01. The number of aliphatic carboxylic acids is 1. The van der Waals surface area contributed by atoms with E-state index in [9.17, 15) is 9.59 Å². The second-order valence-electron chi connectivity index (χ2n) is 3.79. The Morgan fingerprint density at radius 1 is 1.36 bits per heavy atom. The van der Waals surface area contributed by atoms with Gasteiger partial charge in [-0.2, -0.15) is 0 Å². The average molecular weight is 199 g/mol. The minimum Gasteiger partial charge on any atom is -0.481 e. The molecule has 4 nitrogen and oxygen atoms in total. The SMILES string of the molecule is CCCCCNC(=O)C1CC1C(=O)O. The number of carboxylic acids is 1. The molecule has 2 unspecified atom stereocenters. The summed E-state index contributed by atoms with van der Waals surface area (Å²) in [6.07, 6.45) is 3.71. The molecule has 1 rings (SSSR count). The lowest BCUT2D eigenvalue weighted by Gasteiger charge is -2.02. The number of hydrogen-bond donors (Lipinski definition) is 2. The zero-order valence-electron chi connectivity index (χ0n) is 8.45. The number of rotatable bonds is 6. The monoisotopic (exact) mass is 199 g/mol. The summed E-state index contributed by atoms with van der Waals surface area (Å²) in [5.41, 5.74) is 0. The van der Waals surface area contributed by atoms with Gasteiger partial charge in [-0.05, 0) is 12.8 Å². The lowest BCUT2D eigenvalue weighted by Crippen LogP contribution is -2.27. The van der Waals surface area contributed by atoms with Gasteiger partial charge < -0.3 is 10.4 Å². The van der Waals surface area contributed by atoms with E-state index in [1.807, 2.05) is 0 Å². The Balaban J connectivity index is 2.09. The van der Waals surface area contributed by atoms with E-state index in [0.29, 0.717) is 13.0 Å². The second-order valence-corrected chi connectivity index (χ2v) is 3.79. The maximum absolute atomic E-state index is 11.3. The smallest absolute Gasteiger partial charge is 0.307 e. The van der Waals surface area contributed by atoms with Crippen LogP contribution in [0, 0.1) is 11.8 Å². The van der Waals surface area contributed by atoms with Crippen LogP contribution in [0.25, 0.3) is 0 Å². The zero-order valence-corrected chi connectivity index (χ0v) is 8.45. The Kier molecular flexibility index (Phi) is 3.92. The Bertz CT molecular complexity index is 227. The van der Waals surface area contributed by atoms with Crippen LogP contribution in [0.15, 0.2) is 0 Å². The molecule has 4 heteroatoms. The topological polar surface area (TPSA) is 66.4 Å². The molecule has 0 aromatic rings. The summed E-state index contributed by atoms with van der Waals surface area (Å²) in [6, 6.07) is 0. The highest BCUT2D eigenvalue weighted by molar-refractivity contribution is 5.89. The Morgan fingerprint density at radius 2 is 2.07 bits per heavy atom. The van der Waals surface area contributed by atoms with Crippen molar-refractivity contribution >= 4 is 11.9 Å². The first-order valence-corrected chi connectivity index (χ1v) is 5.17. The molecule has 0 aromatic heterocycles.